The molecule has 542 valence electrons. The summed E-state index contributed by atoms with van der Waals surface area (Å²) >= 11 is 7.56. The van der Waals surface area contributed by atoms with Crippen molar-refractivity contribution in [3.8, 4) is 72.7 Å². The van der Waals surface area contributed by atoms with Gasteiger partial charge in [0.1, 0.15) is 22.3 Å². The van der Waals surface area contributed by atoms with Crippen LogP contribution in [0, 0.1) is 0 Å². The van der Waals surface area contributed by atoms with Crippen molar-refractivity contribution in [2.75, 3.05) is 0 Å². The number of rotatable bonds is 8. The van der Waals surface area contributed by atoms with Gasteiger partial charge in [-0.3, -0.25) is 0 Å². The Morgan fingerprint density at radius 2 is 0.556 bits per heavy atom. The maximum Gasteiger partial charge on any atom is 0.143 e. The molecule has 0 spiro atoms. The molecule has 0 saturated carbocycles. The van der Waals surface area contributed by atoms with E-state index >= 15 is 0 Å². The molecule has 0 fully saturated rings. The van der Waals surface area contributed by atoms with Gasteiger partial charge in [-0.15, -0.1) is 45.3 Å². The van der Waals surface area contributed by atoms with Crippen LogP contribution < -0.4 is 0 Å². The van der Waals surface area contributed by atoms with Crippen LogP contribution in [0.15, 0.2) is 367 Å². The minimum Gasteiger partial charge on any atom is -0.456 e. The molecule has 9 aromatic heterocycles. The number of furan rings is 2. The predicted octanol–water partition coefficient (Wildman–Crippen LogP) is 32.6. The summed E-state index contributed by atoms with van der Waals surface area (Å²) in [7, 11) is 0. The summed E-state index contributed by atoms with van der Waals surface area (Å²) in [5.41, 5.74) is 25.9. The predicted molar refractivity (Wildman–Crippen MR) is 503 cm³/mol. The van der Waals surface area contributed by atoms with Crippen LogP contribution in [-0.2, 0) is 0 Å². The summed E-state index contributed by atoms with van der Waals surface area (Å²) in [6.45, 7) is 0. The second kappa shape index (κ2) is 24.2. The van der Waals surface area contributed by atoms with Gasteiger partial charge in [0.25, 0.3) is 0 Å². The van der Waals surface area contributed by atoms with E-state index in [2.05, 4.69) is 359 Å². The fourth-order valence-corrected chi connectivity index (χ4v) is 24.6. The molecule has 18 aromatic carbocycles. The summed E-state index contributed by atoms with van der Waals surface area (Å²) in [6.07, 6.45) is 0. The van der Waals surface area contributed by atoms with Crippen LogP contribution in [0.4, 0.5) is 0 Å². The SMILES string of the molecule is c1ccc2c(c1)oc1c(-c3ccc(-n4c5cc(-c6ccc7sc8c(ccc9c%10ccc(-c%11ccc%12sc%13c(ccc%14c%15ccccc%15n(-c%15ccc(-c%16cccc%17oc%18ccccc%18c%16%17)cc%15)c%14%13)c%12c%11)cc%10n(-c%10ccc(-c%11cccc%12sc%13ccccc%13c%11%12)cc%10)c98)c7c6)ccc5c5ccc6c7ccccc7sc6c54)cc3)cccc12. The smallest absolute Gasteiger partial charge is 0.143 e. The second-order valence-electron chi connectivity index (χ2n) is 31.2. The molecule has 0 aliphatic heterocycles. The highest BCUT2D eigenvalue weighted by molar-refractivity contribution is 7.28. The molecule has 0 N–H and O–H groups in total. The Hall–Kier alpha value is -14.2. The fourth-order valence-electron chi connectivity index (χ4n) is 19.8. The van der Waals surface area contributed by atoms with Gasteiger partial charge in [-0.05, 0) is 165 Å². The number of hydrogen-bond acceptors (Lipinski definition) is 6. The Labute approximate surface area is 683 Å². The van der Waals surface area contributed by atoms with Gasteiger partial charge in [-0.1, -0.05) is 243 Å². The maximum absolute atomic E-state index is 6.59. The topological polar surface area (TPSA) is 41.1 Å². The molecule has 0 saturated heterocycles. The molecule has 0 radical (unpaired) electrons. The highest BCUT2D eigenvalue weighted by Gasteiger charge is 2.26. The van der Waals surface area contributed by atoms with Gasteiger partial charge in [0.2, 0.25) is 0 Å². The van der Waals surface area contributed by atoms with Crippen LogP contribution in [0.1, 0.15) is 0 Å². The lowest BCUT2D eigenvalue weighted by Crippen LogP contribution is -1.94. The van der Waals surface area contributed by atoms with Crippen LogP contribution in [0.5, 0.6) is 0 Å². The Morgan fingerprint density at radius 1 is 0.188 bits per heavy atom. The van der Waals surface area contributed by atoms with Crippen molar-refractivity contribution < 1.29 is 8.83 Å². The Morgan fingerprint density at radius 3 is 1.15 bits per heavy atom. The van der Waals surface area contributed by atoms with Crippen LogP contribution in [0.2, 0.25) is 0 Å². The molecular formula is C108H59N3O2S4. The number of benzene rings is 18. The van der Waals surface area contributed by atoms with Gasteiger partial charge in [0.15, 0.2) is 0 Å². The minimum atomic E-state index is 0.901. The molecule has 5 nitrogen and oxygen atoms in total. The van der Waals surface area contributed by atoms with Crippen LogP contribution >= 0.6 is 45.3 Å². The molecular weight excluding hydrogens is 1500 g/mol. The van der Waals surface area contributed by atoms with Crippen molar-refractivity contribution in [2.45, 2.75) is 0 Å². The standard InChI is InChI=1S/C108H59N3O2S4/c1-6-23-89-73(14-1)78-49-52-83-87-56-63(38-54-97(87)116-107(83)102(78)109(89)67-40-30-60(31-41-67)70-19-12-26-94-100(70)85-17-3-8-25-93(85)112-94)66-37-47-75-80-50-53-84-88-57-64(39-55-98(88)117-108(84)104(80)111(91(75)59-66)68-42-32-61(33-43-68)71-20-13-29-99-101(71)86-18-5-10-28-96(86)114-99)65-36-46-74-79-48-51-82-77-16-4-9-27-95(77)115-106(82)103(79)110(90(74)58-65)69-44-34-62(35-45-69)72-21-11-22-81-76-15-2-7-24-92(76)113-105(72)81/h1-59H. The van der Waals surface area contributed by atoms with Crippen molar-refractivity contribution in [3.05, 3.63) is 358 Å². The largest absolute Gasteiger partial charge is 0.456 e. The minimum absolute atomic E-state index is 0.901. The van der Waals surface area contributed by atoms with E-state index in [1.807, 2.05) is 57.5 Å². The quantitative estimate of drug-likeness (QED) is 0.152. The van der Waals surface area contributed by atoms with Gasteiger partial charge < -0.3 is 22.5 Å². The molecule has 0 amide bonds. The van der Waals surface area contributed by atoms with Crippen molar-refractivity contribution in [1.82, 2.24) is 13.7 Å². The van der Waals surface area contributed by atoms with Crippen LogP contribution in [-0.4, -0.2) is 13.7 Å². The van der Waals surface area contributed by atoms with Crippen molar-refractivity contribution in [3.63, 3.8) is 0 Å². The lowest BCUT2D eigenvalue weighted by Gasteiger charge is -2.12. The second-order valence-corrected chi connectivity index (χ2v) is 35.4. The monoisotopic (exact) mass is 1560 g/mol. The van der Waals surface area contributed by atoms with E-state index in [9.17, 15) is 0 Å². The first kappa shape index (κ1) is 64.3. The Bertz CT molecular complexity index is 9020. The van der Waals surface area contributed by atoms with Crippen LogP contribution in [0.3, 0.4) is 0 Å². The lowest BCUT2D eigenvalue weighted by atomic mass is 9.99. The average Bonchev–Trinajstić information content (AvgIpc) is 1.56. The van der Waals surface area contributed by atoms with E-state index in [0.29, 0.717) is 0 Å². The fraction of sp³-hybridized carbons (Fsp3) is 0. The zero-order valence-corrected chi connectivity index (χ0v) is 65.6. The number of fused-ring (bicyclic) bond motifs is 30. The summed E-state index contributed by atoms with van der Waals surface area (Å²) in [5, 5.41) is 22.2. The number of thiophene rings is 4. The zero-order valence-electron chi connectivity index (χ0n) is 62.4. The molecule has 27 rings (SSSR count). The summed E-state index contributed by atoms with van der Waals surface area (Å²) in [5.74, 6) is 0. The first-order valence-corrected chi connectivity index (χ1v) is 43.0. The average molecular weight is 1560 g/mol. The molecule has 9 heterocycles. The highest BCUT2D eigenvalue weighted by Crippen LogP contribution is 2.51. The number of aromatic nitrogens is 3. The Balaban J connectivity index is 0.610. The Kier molecular flexibility index (Phi) is 13.3. The molecule has 0 atom stereocenters. The van der Waals surface area contributed by atoms with Gasteiger partial charge in [-0.2, -0.15) is 0 Å². The molecule has 117 heavy (non-hydrogen) atoms. The number of para-hydroxylation sites is 4. The molecule has 27 aromatic rings. The molecule has 0 bridgehead atoms. The van der Waals surface area contributed by atoms with Crippen molar-refractivity contribution in [2.24, 2.45) is 0 Å². The lowest BCUT2D eigenvalue weighted by molar-refractivity contribution is 0.669. The first-order valence-electron chi connectivity index (χ1n) is 39.7. The normalized spacial score (nSPS) is 12.4. The summed E-state index contributed by atoms with van der Waals surface area (Å²) in [6, 6.07) is 134. The molecule has 9 heteroatoms. The highest BCUT2D eigenvalue weighted by atomic mass is 32.1. The third kappa shape index (κ3) is 9.22. The van der Waals surface area contributed by atoms with Gasteiger partial charge >= 0.3 is 0 Å². The molecule has 0 aliphatic rings. The zero-order chi connectivity index (χ0) is 76.0. The molecule has 0 aliphatic carbocycles. The molecule has 0 unspecified atom stereocenters. The van der Waals surface area contributed by atoms with Gasteiger partial charge in [0, 0.05) is 143 Å². The summed E-state index contributed by atoms with van der Waals surface area (Å²) < 4.78 is 30.8. The van der Waals surface area contributed by atoms with E-state index in [1.165, 1.54) is 185 Å². The van der Waals surface area contributed by atoms with Gasteiger partial charge in [-0.25, -0.2) is 0 Å². The van der Waals surface area contributed by atoms with E-state index in [0.717, 1.165) is 77.6 Å². The van der Waals surface area contributed by atoms with E-state index < -0.39 is 0 Å². The third-order valence-corrected chi connectivity index (χ3v) is 29.8. The van der Waals surface area contributed by atoms with Crippen LogP contribution in [0.25, 0.3) is 263 Å². The number of nitrogens with zero attached hydrogens (tertiary/aromatic N) is 3. The summed E-state index contributed by atoms with van der Waals surface area (Å²) in [4.78, 5) is 0. The van der Waals surface area contributed by atoms with Gasteiger partial charge in [0.05, 0.1) is 47.2 Å². The van der Waals surface area contributed by atoms with E-state index in [1.54, 1.807) is 0 Å². The third-order valence-electron chi connectivity index (χ3n) is 25.1. The van der Waals surface area contributed by atoms with E-state index in [4.69, 9.17) is 8.83 Å². The maximum atomic E-state index is 6.59. The van der Waals surface area contributed by atoms with E-state index in [-0.39, 0.29) is 0 Å². The van der Waals surface area contributed by atoms with Crippen molar-refractivity contribution >= 4 is 235 Å². The van der Waals surface area contributed by atoms with Crippen molar-refractivity contribution in [1.29, 1.82) is 0 Å². The number of hydrogen-bond donors (Lipinski definition) is 0. The first-order chi connectivity index (χ1) is 58.0.